The van der Waals surface area contributed by atoms with Crippen molar-refractivity contribution in [1.82, 2.24) is 0 Å². The van der Waals surface area contributed by atoms with Gasteiger partial charge in [-0.2, -0.15) is 0 Å². The maximum atomic E-state index is 11.4. The molecule has 1 aromatic rings. The lowest BCUT2D eigenvalue weighted by molar-refractivity contribution is 0.0600. The summed E-state index contributed by atoms with van der Waals surface area (Å²) < 4.78 is 4.71. The van der Waals surface area contributed by atoms with Crippen LogP contribution >= 0.6 is 11.6 Å². The predicted molar refractivity (Wildman–Crippen MR) is 72.9 cm³/mol. The molecule has 96 valence electrons. The zero-order chi connectivity index (χ0) is 13.4. The minimum atomic E-state index is -0.304. The number of hydrogen-bond acceptors (Lipinski definition) is 2. The molecule has 0 radical (unpaired) electrons. The van der Waals surface area contributed by atoms with Crippen LogP contribution in [0.2, 0.25) is 5.02 Å². The van der Waals surface area contributed by atoms with Crippen molar-refractivity contribution in [2.24, 2.45) is 0 Å². The van der Waals surface area contributed by atoms with Crippen molar-refractivity contribution in [2.75, 3.05) is 7.11 Å². The summed E-state index contributed by atoms with van der Waals surface area (Å²) in [6.45, 7) is 7.99. The van der Waals surface area contributed by atoms with Crippen LogP contribution in [0.3, 0.4) is 0 Å². The zero-order valence-electron chi connectivity index (χ0n) is 11.3. The van der Waals surface area contributed by atoms with Crippen molar-refractivity contribution < 1.29 is 9.53 Å². The lowest BCUT2D eigenvalue weighted by Crippen LogP contribution is -2.06. The number of rotatable bonds is 3. The van der Waals surface area contributed by atoms with E-state index >= 15 is 0 Å². The summed E-state index contributed by atoms with van der Waals surface area (Å²) in [5, 5.41) is 0.724. The van der Waals surface area contributed by atoms with Gasteiger partial charge in [0.1, 0.15) is 0 Å². The number of ether oxygens (including phenoxy) is 1. The average molecular weight is 257 g/mol. The Morgan fingerprint density at radius 3 is 2.41 bits per heavy atom. The molecule has 0 aliphatic rings. The molecule has 0 aliphatic heterocycles. The topological polar surface area (TPSA) is 26.3 Å². The molecule has 1 aromatic carbocycles. The number of carbonyl (C=O) groups excluding carboxylic acids is 1. The molecule has 0 unspecified atom stereocenters. The van der Waals surface area contributed by atoms with E-state index in [1.54, 1.807) is 12.1 Å². The summed E-state index contributed by atoms with van der Waals surface area (Å²) in [6.07, 6.45) is 1.89. The maximum absolute atomic E-state index is 11.4. The maximum Gasteiger partial charge on any atom is 0.338 e. The SMILES string of the molecule is CC.CCCc1c(Cl)ccc(C(=O)OC)c1C. The Balaban J connectivity index is 0.00000121. The van der Waals surface area contributed by atoms with Gasteiger partial charge in [-0.25, -0.2) is 4.79 Å². The molecular formula is C14H21ClO2. The van der Waals surface area contributed by atoms with E-state index in [1.807, 2.05) is 20.8 Å². The van der Waals surface area contributed by atoms with Crippen LogP contribution in [0, 0.1) is 6.92 Å². The Morgan fingerprint density at radius 1 is 1.35 bits per heavy atom. The van der Waals surface area contributed by atoms with E-state index in [4.69, 9.17) is 16.3 Å². The second-order valence-electron chi connectivity index (χ2n) is 3.44. The Labute approximate surface area is 109 Å². The van der Waals surface area contributed by atoms with Gasteiger partial charge in [0, 0.05) is 5.02 Å². The van der Waals surface area contributed by atoms with Gasteiger partial charge < -0.3 is 4.74 Å². The number of carbonyl (C=O) groups is 1. The molecule has 17 heavy (non-hydrogen) atoms. The van der Waals surface area contributed by atoms with Crippen LogP contribution in [-0.4, -0.2) is 13.1 Å². The summed E-state index contributed by atoms with van der Waals surface area (Å²) in [4.78, 5) is 11.4. The van der Waals surface area contributed by atoms with Crippen LogP contribution in [0.5, 0.6) is 0 Å². The highest BCUT2D eigenvalue weighted by molar-refractivity contribution is 6.31. The Morgan fingerprint density at radius 2 is 1.94 bits per heavy atom. The molecule has 0 heterocycles. The highest BCUT2D eigenvalue weighted by Gasteiger charge is 2.13. The van der Waals surface area contributed by atoms with Crippen molar-refractivity contribution in [3.8, 4) is 0 Å². The number of benzene rings is 1. The minimum Gasteiger partial charge on any atom is -0.465 e. The Hall–Kier alpha value is -1.02. The fraction of sp³-hybridized carbons (Fsp3) is 0.500. The predicted octanol–water partition coefficient (Wildman–Crippen LogP) is 4.41. The quantitative estimate of drug-likeness (QED) is 0.749. The van der Waals surface area contributed by atoms with Crippen LogP contribution in [-0.2, 0) is 11.2 Å². The molecule has 0 atom stereocenters. The molecule has 0 N–H and O–H groups in total. The lowest BCUT2D eigenvalue weighted by atomic mass is 9.99. The van der Waals surface area contributed by atoms with Crippen molar-refractivity contribution in [3.05, 3.63) is 33.8 Å². The third-order valence-electron chi connectivity index (χ3n) is 2.45. The van der Waals surface area contributed by atoms with Crippen LogP contribution in [0.4, 0.5) is 0 Å². The summed E-state index contributed by atoms with van der Waals surface area (Å²) in [5.41, 5.74) is 2.57. The van der Waals surface area contributed by atoms with E-state index < -0.39 is 0 Å². The Kier molecular flexibility index (Phi) is 7.64. The van der Waals surface area contributed by atoms with Crippen molar-refractivity contribution in [2.45, 2.75) is 40.5 Å². The molecule has 2 nitrogen and oxygen atoms in total. The van der Waals surface area contributed by atoms with Crippen LogP contribution < -0.4 is 0 Å². The van der Waals surface area contributed by atoms with E-state index in [2.05, 4.69) is 6.92 Å². The summed E-state index contributed by atoms with van der Waals surface area (Å²) in [5.74, 6) is -0.304. The molecule has 0 bridgehead atoms. The van der Waals surface area contributed by atoms with Gasteiger partial charge in [-0.05, 0) is 36.6 Å². The molecule has 0 aromatic heterocycles. The fourth-order valence-corrected chi connectivity index (χ4v) is 1.91. The van der Waals surface area contributed by atoms with Gasteiger partial charge in [0.05, 0.1) is 12.7 Å². The third-order valence-corrected chi connectivity index (χ3v) is 2.80. The average Bonchev–Trinajstić information content (AvgIpc) is 2.36. The lowest BCUT2D eigenvalue weighted by Gasteiger charge is -2.11. The van der Waals surface area contributed by atoms with Gasteiger partial charge >= 0.3 is 5.97 Å². The minimum absolute atomic E-state index is 0.304. The normalized spacial score (nSPS) is 9.29. The number of hydrogen-bond donors (Lipinski definition) is 0. The molecule has 0 saturated carbocycles. The van der Waals surface area contributed by atoms with Gasteiger partial charge in [0.2, 0.25) is 0 Å². The standard InChI is InChI=1S/C12H15ClO2.C2H6/c1-4-5-9-8(2)10(12(14)15-3)6-7-11(9)13;1-2/h6-7H,4-5H2,1-3H3;1-2H3. The first-order valence-corrected chi connectivity index (χ1v) is 6.35. The zero-order valence-corrected chi connectivity index (χ0v) is 12.0. The summed E-state index contributed by atoms with van der Waals surface area (Å²) in [7, 11) is 1.38. The monoisotopic (exact) mass is 256 g/mol. The van der Waals surface area contributed by atoms with E-state index in [-0.39, 0.29) is 5.97 Å². The molecule has 3 heteroatoms. The molecule has 0 amide bonds. The van der Waals surface area contributed by atoms with Gasteiger partial charge in [0.15, 0.2) is 0 Å². The van der Waals surface area contributed by atoms with Crippen molar-refractivity contribution in [3.63, 3.8) is 0 Å². The molecule has 0 spiro atoms. The smallest absolute Gasteiger partial charge is 0.338 e. The second-order valence-corrected chi connectivity index (χ2v) is 3.85. The van der Waals surface area contributed by atoms with Crippen LogP contribution in [0.25, 0.3) is 0 Å². The Bertz CT molecular complexity index is 373. The second kappa shape index (κ2) is 8.13. The van der Waals surface area contributed by atoms with Gasteiger partial charge in [-0.3, -0.25) is 0 Å². The molecule has 0 fully saturated rings. The van der Waals surface area contributed by atoms with Crippen LogP contribution in [0.1, 0.15) is 48.7 Å². The first-order valence-electron chi connectivity index (χ1n) is 5.98. The largest absolute Gasteiger partial charge is 0.465 e. The molecule has 0 aliphatic carbocycles. The highest BCUT2D eigenvalue weighted by Crippen LogP contribution is 2.24. The van der Waals surface area contributed by atoms with Gasteiger partial charge in [-0.15, -0.1) is 0 Å². The molecule has 1 rings (SSSR count). The van der Waals surface area contributed by atoms with Crippen molar-refractivity contribution in [1.29, 1.82) is 0 Å². The third kappa shape index (κ3) is 4.04. The number of halogens is 1. The van der Waals surface area contributed by atoms with Gasteiger partial charge in [-0.1, -0.05) is 38.8 Å². The first-order chi connectivity index (χ1) is 8.11. The van der Waals surface area contributed by atoms with Crippen LogP contribution in [0.15, 0.2) is 12.1 Å². The number of methoxy groups -OCH3 is 1. The molecular weight excluding hydrogens is 236 g/mol. The summed E-state index contributed by atoms with van der Waals surface area (Å²) >= 11 is 6.08. The number of esters is 1. The highest BCUT2D eigenvalue weighted by atomic mass is 35.5. The van der Waals surface area contributed by atoms with E-state index in [0.29, 0.717) is 5.56 Å². The summed E-state index contributed by atoms with van der Waals surface area (Å²) in [6, 6.07) is 3.47. The van der Waals surface area contributed by atoms with Gasteiger partial charge in [0.25, 0.3) is 0 Å². The fourth-order valence-electron chi connectivity index (χ4n) is 1.61. The van der Waals surface area contributed by atoms with E-state index in [0.717, 1.165) is 29.0 Å². The first kappa shape index (κ1) is 16.0. The molecule has 0 saturated heterocycles. The van der Waals surface area contributed by atoms with E-state index in [1.165, 1.54) is 7.11 Å². The van der Waals surface area contributed by atoms with E-state index in [9.17, 15) is 4.79 Å². The van der Waals surface area contributed by atoms with Crippen molar-refractivity contribution >= 4 is 17.6 Å².